The molecule has 76 valence electrons. The maximum atomic E-state index is 13.0. The second-order valence-electron chi connectivity index (χ2n) is 3.53. The van der Waals surface area contributed by atoms with Gasteiger partial charge in [0.1, 0.15) is 0 Å². The molecule has 0 amide bonds. The lowest BCUT2D eigenvalue weighted by molar-refractivity contribution is -0.176. The number of carboxylic acids is 1. The van der Waals surface area contributed by atoms with Gasteiger partial charge in [0.2, 0.25) is 0 Å². The first kappa shape index (κ1) is 10.4. The van der Waals surface area contributed by atoms with Crippen LogP contribution in [0.3, 0.4) is 0 Å². The Balaban J connectivity index is 2.64. The number of hydrogen-bond donors (Lipinski definition) is 1. The molecule has 1 heterocycles. The number of carboxylic acid groups (broad SMARTS) is 1. The molecular weight excluding hydrogens is 180 g/mol. The number of alkyl halides is 2. The van der Waals surface area contributed by atoms with Gasteiger partial charge in [-0.25, -0.2) is 4.79 Å². The van der Waals surface area contributed by atoms with Crippen LogP contribution in [0.25, 0.3) is 0 Å². The van der Waals surface area contributed by atoms with Crippen molar-refractivity contribution in [2.45, 2.75) is 18.8 Å². The van der Waals surface area contributed by atoms with Crippen LogP contribution in [0.15, 0.2) is 0 Å². The lowest BCUT2D eigenvalue weighted by Crippen LogP contribution is -2.46. The molecule has 0 radical (unpaired) electrons. The Labute approximate surface area is 75.3 Å². The Kier molecular flexibility index (Phi) is 2.85. The Bertz CT molecular complexity index is 208. The second kappa shape index (κ2) is 3.57. The number of nitrogens with zero attached hydrogens (tertiary/aromatic N) is 1. The van der Waals surface area contributed by atoms with Gasteiger partial charge < -0.3 is 10.0 Å². The molecule has 0 aromatic carbocycles. The summed E-state index contributed by atoms with van der Waals surface area (Å²) in [5, 5.41) is 8.31. The van der Waals surface area contributed by atoms with Crippen LogP contribution in [-0.4, -0.2) is 42.0 Å². The van der Waals surface area contributed by atoms with Gasteiger partial charge in [0.25, 0.3) is 0 Å². The van der Waals surface area contributed by atoms with Gasteiger partial charge in [-0.1, -0.05) is 0 Å². The number of aliphatic carboxylic acids is 1. The van der Waals surface area contributed by atoms with Gasteiger partial charge in [-0.2, -0.15) is 8.78 Å². The summed E-state index contributed by atoms with van der Waals surface area (Å²) in [4.78, 5) is 12.0. The highest BCUT2D eigenvalue weighted by atomic mass is 19.3. The molecule has 0 spiro atoms. The molecule has 0 bridgehead atoms. The van der Waals surface area contributed by atoms with Crippen molar-refractivity contribution in [1.29, 1.82) is 0 Å². The number of likely N-dealkylation sites (tertiary alicyclic amines) is 1. The number of halogens is 2. The fourth-order valence-corrected chi connectivity index (χ4v) is 1.64. The summed E-state index contributed by atoms with van der Waals surface area (Å²) in [5.41, 5.74) is 0. The molecule has 1 rings (SSSR count). The minimum Gasteiger partial charge on any atom is -0.477 e. The summed E-state index contributed by atoms with van der Waals surface area (Å²) in [5.74, 6) is -6.62. The van der Waals surface area contributed by atoms with E-state index in [2.05, 4.69) is 0 Å². The van der Waals surface area contributed by atoms with Crippen molar-refractivity contribution < 1.29 is 18.7 Å². The van der Waals surface area contributed by atoms with Crippen molar-refractivity contribution in [2.75, 3.05) is 20.1 Å². The molecule has 3 nitrogen and oxygen atoms in total. The molecular formula is C8H13F2NO2. The van der Waals surface area contributed by atoms with Crippen LogP contribution in [0.2, 0.25) is 0 Å². The van der Waals surface area contributed by atoms with Gasteiger partial charge in [0, 0.05) is 12.5 Å². The van der Waals surface area contributed by atoms with E-state index in [1.165, 1.54) is 0 Å². The third-order valence-corrected chi connectivity index (χ3v) is 2.42. The van der Waals surface area contributed by atoms with Crippen molar-refractivity contribution >= 4 is 5.97 Å². The quantitative estimate of drug-likeness (QED) is 0.712. The van der Waals surface area contributed by atoms with Gasteiger partial charge >= 0.3 is 11.9 Å². The molecule has 1 atom stereocenters. The van der Waals surface area contributed by atoms with Crippen LogP contribution in [0.1, 0.15) is 12.8 Å². The van der Waals surface area contributed by atoms with Crippen molar-refractivity contribution in [3.8, 4) is 0 Å². The third kappa shape index (κ3) is 2.15. The number of carbonyl (C=O) groups is 1. The van der Waals surface area contributed by atoms with Crippen LogP contribution >= 0.6 is 0 Å². The first-order valence-corrected chi connectivity index (χ1v) is 4.24. The summed E-state index contributed by atoms with van der Waals surface area (Å²) in [6.07, 6.45) is 0.938. The van der Waals surface area contributed by atoms with Gasteiger partial charge in [-0.3, -0.25) is 0 Å². The molecule has 1 unspecified atom stereocenters. The monoisotopic (exact) mass is 193 g/mol. The largest absolute Gasteiger partial charge is 0.477 e. The van der Waals surface area contributed by atoms with E-state index < -0.39 is 17.8 Å². The normalized spacial score (nSPS) is 25.9. The number of rotatable bonds is 2. The van der Waals surface area contributed by atoms with Crippen LogP contribution in [0.5, 0.6) is 0 Å². The van der Waals surface area contributed by atoms with Crippen LogP contribution in [0, 0.1) is 5.92 Å². The number of hydrogen-bond acceptors (Lipinski definition) is 2. The second-order valence-corrected chi connectivity index (χ2v) is 3.53. The van der Waals surface area contributed by atoms with E-state index in [0.717, 1.165) is 6.54 Å². The van der Waals surface area contributed by atoms with Crippen molar-refractivity contribution in [1.82, 2.24) is 4.90 Å². The molecule has 0 saturated carbocycles. The van der Waals surface area contributed by atoms with Gasteiger partial charge in [-0.05, 0) is 26.4 Å². The van der Waals surface area contributed by atoms with Gasteiger partial charge in [0.05, 0.1) is 0 Å². The molecule has 1 aliphatic heterocycles. The Morgan fingerprint density at radius 2 is 2.23 bits per heavy atom. The molecule has 13 heavy (non-hydrogen) atoms. The van der Waals surface area contributed by atoms with E-state index in [4.69, 9.17) is 5.11 Å². The average molecular weight is 193 g/mol. The maximum absolute atomic E-state index is 13.0. The minimum atomic E-state index is -3.57. The van der Waals surface area contributed by atoms with Gasteiger partial charge in [-0.15, -0.1) is 0 Å². The summed E-state index contributed by atoms with van der Waals surface area (Å²) in [6.45, 7) is 0.936. The molecule has 0 aliphatic carbocycles. The van der Waals surface area contributed by atoms with Crippen molar-refractivity contribution in [3.63, 3.8) is 0 Å². The SMILES string of the molecule is CN1CCCC(C(F)(F)C(=O)O)C1. The molecule has 1 saturated heterocycles. The summed E-state index contributed by atoms with van der Waals surface area (Å²) in [7, 11) is 1.73. The predicted molar refractivity (Wildman–Crippen MR) is 42.8 cm³/mol. The fourth-order valence-electron chi connectivity index (χ4n) is 1.64. The molecule has 0 aromatic rings. The van der Waals surface area contributed by atoms with E-state index in [1.54, 1.807) is 11.9 Å². The Morgan fingerprint density at radius 1 is 1.62 bits per heavy atom. The highest BCUT2D eigenvalue weighted by Gasteiger charge is 2.48. The van der Waals surface area contributed by atoms with Crippen molar-refractivity contribution in [2.24, 2.45) is 5.92 Å². The zero-order valence-electron chi connectivity index (χ0n) is 7.46. The van der Waals surface area contributed by atoms with Gasteiger partial charge in [0.15, 0.2) is 0 Å². The lowest BCUT2D eigenvalue weighted by Gasteiger charge is -2.32. The third-order valence-electron chi connectivity index (χ3n) is 2.42. The Morgan fingerprint density at radius 3 is 2.69 bits per heavy atom. The summed E-state index contributed by atoms with van der Waals surface area (Å²) in [6, 6.07) is 0. The first-order valence-electron chi connectivity index (χ1n) is 4.24. The molecule has 1 N–H and O–H groups in total. The Hall–Kier alpha value is -0.710. The van der Waals surface area contributed by atoms with E-state index in [1.807, 2.05) is 0 Å². The minimum absolute atomic E-state index is 0.166. The van der Waals surface area contributed by atoms with Crippen LogP contribution in [-0.2, 0) is 4.79 Å². The zero-order valence-corrected chi connectivity index (χ0v) is 7.46. The standard InChI is InChI=1S/C8H13F2NO2/c1-11-4-2-3-6(5-11)8(9,10)7(12)13/h6H,2-5H2,1H3,(H,12,13). The van der Waals surface area contributed by atoms with Crippen LogP contribution in [0.4, 0.5) is 8.78 Å². The smallest absolute Gasteiger partial charge is 0.374 e. The highest BCUT2D eigenvalue weighted by molar-refractivity contribution is 5.75. The maximum Gasteiger partial charge on any atom is 0.374 e. The number of piperidine rings is 1. The zero-order chi connectivity index (χ0) is 10.1. The predicted octanol–water partition coefficient (Wildman–Crippen LogP) is 1.05. The molecule has 0 aromatic heterocycles. The lowest BCUT2D eigenvalue weighted by atomic mass is 9.92. The average Bonchev–Trinajstić information content (AvgIpc) is 2.04. The topological polar surface area (TPSA) is 40.5 Å². The van der Waals surface area contributed by atoms with E-state index in [-0.39, 0.29) is 6.54 Å². The summed E-state index contributed by atoms with van der Waals surface area (Å²) >= 11 is 0. The van der Waals surface area contributed by atoms with Crippen LogP contribution < -0.4 is 0 Å². The fraction of sp³-hybridized carbons (Fsp3) is 0.875. The van der Waals surface area contributed by atoms with E-state index >= 15 is 0 Å². The molecule has 5 heteroatoms. The summed E-state index contributed by atoms with van der Waals surface area (Å²) < 4.78 is 26.0. The molecule has 1 fully saturated rings. The van der Waals surface area contributed by atoms with Crippen molar-refractivity contribution in [3.05, 3.63) is 0 Å². The molecule has 1 aliphatic rings. The highest BCUT2D eigenvalue weighted by Crippen LogP contribution is 2.31. The van der Waals surface area contributed by atoms with E-state index in [9.17, 15) is 13.6 Å². The van der Waals surface area contributed by atoms with E-state index in [0.29, 0.717) is 12.8 Å². The first-order chi connectivity index (χ1) is 5.94.